The Morgan fingerprint density at radius 3 is 2.45 bits per heavy atom. The van der Waals surface area contributed by atoms with Gasteiger partial charge in [0.2, 0.25) is 0 Å². The maximum Gasteiger partial charge on any atom is 0.289 e. The Balaban J connectivity index is 1.13. The summed E-state index contributed by atoms with van der Waals surface area (Å²) in [6, 6.07) is 21.2. The zero-order valence-corrected chi connectivity index (χ0v) is 21.1. The van der Waals surface area contributed by atoms with E-state index in [1.54, 1.807) is 6.07 Å². The van der Waals surface area contributed by atoms with Crippen molar-refractivity contribution in [2.24, 2.45) is 0 Å². The number of amides is 1. The van der Waals surface area contributed by atoms with Crippen molar-refractivity contribution in [3.05, 3.63) is 119 Å². The maximum atomic E-state index is 14.9. The van der Waals surface area contributed by atoms with Gasteiger partial charge >= 0.3 is 0 Å². The third kappa shape index (κ3) is 5.01. The van der Waals surface area contributed by atoms with Crippen LogP contribution in [0.2, 0.25) is 0 Å². The average Bonchev–Trinajstić information content (AvgIpc) is 3.60. The second-order valence-corrected chi connectivity index (χ2v) is 9.99. The fourth-order valence-electron chi connectivity index (χ4n) is 5.57. The number of rotatable bonds is 6. The molecule has 0 aliphatic carbocycles. The van der Waals surface area contributed by atoms with Crippen molar-refractivity contribution in [3.63, 3.8) is 0 Å². The topological polar surface area (TPSA) is 44.9 Å². The predicted molar refractivity (Wildman–Crippen MR) is 139 cm³/mol. The van der Waals surface area contributed by atoms with E-state index >= 15 is 0 Å². The minimum Gasteiger partial charge on any atom is -0.455 e. The lowest BCUT2D eigenvalue weighted by Crippen LogP contribution is -2.48. The fraction of sp³-hybridized carbons (Fsp3) is 0.300. The van der Waals surface area contributed by atoms with Gasteiger partial charge in [-0.2, -0.15) is 0 Å². The first-order chi connectivity index (χ1) is 18.5. The molecule has 1 atom stereocenters. The van der Waals surface area contributed by atoms with Gasteiger partial charge in [-0.1, -0.05) is 36.4 Å². The summed E-state index contributed by atoms with van der Waals surface area (Å²) in [4.78, 5) is 19.5. The van der Waals surface area contributed by atoms with Gasteiger partial charge in [-0.3, -0.25) is 14.6 Å². The minimum atomic E-state index is -0.598. The SMILES string of the molecule is O=C(c1ccc(CN2CCn3cccc3C2c2ccc(F)cc2F)o1)N1CCN(Cc2ccccc2)CC1. The fourth-order valence-corrected chi connectivity index (χ4v) is 5.57. The van der Waals surface area contributed by atoms with Crippen LogP contribution in [-0.4, -0.2) is 57.9 Å². The van der Waals surface area contributed by atoms with Gasteiger partial charge in [0.15, 0.2) is 5.76 Å². The monoisotopic (exact) mass is 516 g/mol. The highest BCUT2D eigenvalue weighted by atomic mass is 19.1. The first-order valence-electron chi connectivity index (χ1n) is 13.0. The summed E-state index contributed by atoms with van der Waals surface area (Å²) in [5.41, 5.74) is 2.63. The zero-order valence-electron chi connectivity index (χ0n) is 21.1. The van der Waals surface area contributed by atoms with Gasteiger partial charge in [0.05, 0.1) is 12.6 Å². The van der Waals surface area contributed by atoms with Crippen LogP contribution in [0.15, 0.2) is 83.4 Å². The molecule has 8 heteroatoms. The van der Waals surface area contributed by atoms with Gasteiger partial charge in [-0.05, 0) is 35.9 Å². The highest BCUT2D eigenvalue weighted by Crippen LogP contribution is 2.35. The Hall–Kier alpha value is -3.75. The molecule has 2 aromatic heterocycles. The summed E-state index contributed by atoms with van der Waals surface area (Å²) in [6.45, 7) is 5.62. The van der Waals surface area contributed by atoms with Crippen molar-refractivity contribution in [3.8, 4) is 0 Å². The van der Waals surface area contributed by atoms with Gasteiger partial charge in [-0.25, -0.2) is 8.78 Å². The number of hydrogen-bond acceptors (Lipinski definition) is 4. The Morgan fingerprint density at radius 1 is 0.842 bits per heavy atom. The highest BCUT2D eigenvalue weighted by Gasteiger charge is 2.32. The van der Waals surface area contributed by atoms with Crippen LogP contribution in [-0.2, 0) is 19.6 Å². The third-order valence-corrected chi connectivity index (χ3v) is 7.54. The summed E-state index contributed by atoms with van der Waals surface area (Å²) in [6.07, 6.45) is 1.98. The van der Waals surface area contributed by atoms with E-state index < -0.39 is 11.6 Å². The number of piperazine rings is 1. The van der Waals surface area contributed by atoms with Gasteiger partial charge in [-0.15, -0.1) is 0 Å². The molecule has 0 spiro atoms. The van der Waals surface area contributed by atoms with E-state index in [-0.39, 0.29) is 11.9 Å². The molecule has 196 valence electrons. The van der Waals surface area contributed by atoms with Crippen LogP contribution in [0.3, 0.4) is 0 Å². The number of fused-ring (bicyclic) bond motifs is 1. The number of nitrogens with zero attached hydrogens (tertiary/aromatic N) is 4. The second-order valence-electron chi connectivity index (χ2n) is 9.99. The Bertz CT molecular complexity index is 1410. The van der Waals surface area contributed by atoms with Gasteiger partial charge < -0.3 is 13.9 Å². The Morgan fingerprint density at radius 2 is 1.66 bits per heavy atom. The first-order valence-corrected chi connectivity index (χ1v) is 13.0. The van der Waals surface area contributed by atoms with Crippen molar-refractivity contribution in [1.29, 1.82) is 0 Å². The van der Waals surface area contributed by atoms with Crippen LogP contribution in [0.4, 0.5) is 8.78 Å². The molecule has 1 saturated heterocycles. The van der Waals surface area contributed by atoms with Gasteiger partial charge in [0, 0.05) is 69.3 Å². The minimum absolute atomic E-state index is 0.107. The summed E-state index contributed by atoms with van der Waals surface area (Å²) in [7, 11) is 0. The largest absolute Gasteiger partial charge is 0.455 e. The van der Waals surface area contributed by atoms with Crippen molar-refractivity contribution in [2.45, 2.75) is 25.7 Å². The molecule has 1 unspecified atom stereocenters. The zero-order chi connectivity index (χ0) is 26.1. The van der Waals surface area contributed by atoms with Crippen LogP contribution in [0.25, 0.3) is 0 Å². The van der Waals surface area contributed by atoms with Crippen molar-refractivity contribution >= 4 is 5.91 Å². The molecule has 0 radical (unpaired) electrons. The van der Waals surface area contributed by atoms with Crippen molar-refractivity contribution in [1.82, 2.24) is 19.3 Å². The number of hydrogen-bond donors (Lipinski definition) is 0. The molecule has 6 rings (SSSR count). The Kier molecular flexibility index (Phi) is 6.82. The lowest BCUT2D eigenvalue weighted by molar-refractivity contribution is 0.0593. The van der Waals surface area contributed by atoms with E-state index in [0.29, 0.717) is 43.3 Å². The van der Waals surface area contributed by atoms with E-state index in [9.17, 15) is 13.6 Å². The first kappa shape index (κ1) is 24.6. The predicted octanol–water partition coefficient (Wildman–Crippen LogP) is 4.92. The van der Waals surface area contributed by atoms with Gasteiger partial charge in [0.25, 0.3) is 5.91 Å². The third-order valence-electron chi connectivity index (χ3n) is 7.54. The molecule has 0 N–H and O–H groups in total. The van der Waals surface area contributed by atoms with Crippen molar-refractivity contribution in [2.75, 3.05) is 32.7 Å². The second kappa shape index (κ2) is 10.6. The quantitative estimate of drug-likeness (QED) is 0.365. The lowest BCUT2D eigenvalue weighted by Gasteiger charge is -2.37. The summed E-state index contributed by atoms with van der Waals surface area (Å²) >= 11 is 0. The molecule has 1 fully saturated rings. The van der Waals surface area contributed by atoms with Crippen LogP contribution in [0, 0.1) is 11.6 Å². The summed E-state index contributed by atoms with van der Waals surface area (Å²) in [5, 5.41) is 0. The smallest absolute Gasteiger partial charge is 0.289 e. The van der Waals surface area contributed by atoms with Crippen LogP contribution >= 0.6 is 0 Å². The number of carbonyl (C=O) groups is 1. The normalized spacial score (nSPS) is 18.5. The number of aromatic nitrogens is 1. The molecular weight excluding hydrogens is 486 g/mol. The van der Waals surface area contributed by atoms with Gasteiger partial charge in [0.1, 0.15) is 17.4 Å². The molecule has 1 amide bonds. The van der Waals surface area contributed by atoms with E-state index in [4.69, 9.17) is 4.42 Å². The molecule has 4 aromatic rings. The molecule has 0 saturated carbocycles. The standard InChI is InChI=1S/C30H30F2N4O2/c31-23-8-10-25(26(32)19-23)29-27-7-4-12-34(27)17-18-36(29)21-24-9-11-28(38-24)30(37)35-15-13-33(14-16-35)20-22-5-2-1-3-6-22/h1-12,19,29H,13-18,20-21H2. The van der Waals surface area contributed by atoms with Crippen LogP contribution in [0.5, 0.6) is 0 Å². The maximum absolute atomic E-state index is 14.9. The van der Waals surface area contributed by atoms with Crippen LogP contribution in [0.1, 0.15) is 39.2 Å². The molecular formula is C30H30F2N4O2. The van der Waals surface area contributed by atoms with E-state index in [1.807, 2.05) is 47.5 Å². The van der Waals surface area contributed by atoms with Crippen LogP contribution < -0.4 is 0 Å². The average molecular weight is 517 g/mol. The molecule has 4 heterocycles. The molecule has 0 bridgehead atoms. The van der Waals surface area contributed by atoms with E-state index in [2.05, 4.69) is 26.5 Å². The molecule has 2 aliphatic heterocycles. The number of carbonyl (C=O) groups excluding carboxylic acids is 1. The lowest BCUT2D eigenvalue weighted by atomic mass is 9.99. The number of benzene rings is 2. The van der Waals surface area contributed by atoms with E-state index in [0.717, 1.165) is 37.9 Å². The summed E-state index contributed by atoms with van der Waals surface area (Å²) < 4.78 is 36.6. The van der Waals surface area contributed by atoms with E-state index in [1.165, 1.54) is 17.7 Å². The summed E-state index contributed by atoms with van der Waals surface area (Å²) in [5.74, 6) is -0.315. The molecule has 38 heavy (non-hydrogen) atoms. The highest BCUT2D eigenvalue weighted by molar-refractivity contribution is 5.91. The Labute approximate surface area is 220 Å². The number of furan rings is 1. The van der Waals surface area contributed by atoms with Crippen molar-refractivity contribution < 1.29 is 18.0 Å². The number of halogens is 2. The molecule has 2 aliphatic rings. The molecule has 6 nitrogen and oxygen atoms in total. The molecule has 2 aromatic carbocycles.